The molecule has 4 rings (SSSR count). The van der Waals surface area contributed by atoms with Gasteiger partial charge in [-0.1, -0.05) is 80.2 Å². The number of alkyl carbamates (subject to hydrolysis) is 1. The van der Waals surface area contributed by atoms with Crippen LogP contribution in [-0.4, -0.2) is 85.1 Å². The Morgan fingerprint density at radius 3 is 2.43 bits per heavy atom. The third-order valence-corrected chi connectivity index (χ3v) is 15.8. The fourth-order valence-corrected chi connectivity index (χ4v) is 12.5. The third-order valence-electron chi connectivity index (χ3n) is 13.4. The minimum Gasteiger partial charge on any atom is -0.446 e. The van der Waals surface area contributed by atoms with E-state index in [0.717, 1.165) is 48.9 Å². The molecule has 308 valence electrons. The van der Waals surface area contributed by atoms with Gasteiger partial charge in [-0.25, -0.2) is 4.79 Å². The first-order valence-corrected chi connectivity index (χ1v) is 23.5. The number of unbranched alkanes of at least 4 members (excludes halogenated alkanes) is 1. The lowest BCUT2D eigenvalue weighted by Gasteiger charge is -2.58. The normalized spacial score (nSPS) is 29.7. The van der Waals surface area contributed by atoms with Gasteiger partial charge in [-0.3, -0.25) is 14.8 Å². The van der Waals surface area contributed by atoms with Gasteiger partial charge in [-0.2, -0.15) is 0 Å². The van der Waals surface area contributed by atoms with E-state index in [1.54, 1.807) is 39.0 Å². The van der Waals surface area contributed by atoms with Gasteiger partial charge >= 0.3 is 6.09 Å². The van der Waals surface area contributed by atoms with Gasteiger partial charge in [0, 0.05) is 50.7 Å². The SMILES string of the molecule is CC(N)=NCCCN(CCCN=C(N)N)C(=O)C(N)CSSCCNC(=O)OC1CCC2(C)C(=CCC3C2CCC2(C)C(CCCCC(C)C)CCC32)C1. The van der Waals surface area contributed by atoms with Crippen LogP contribution in [0.1, 0.15) is 125 Å². The quantitative estimate of drug-likeness (QED) is 0.0273. The molecule has 0 heterocycles. The molecule has 4 aliphatic carbocycles. The van der Waals surface area contributed by atoms with Gasteiger partial charge in [0.2, 0.25) is 5.91 Å². The van der Waals surface area contributed by atoms with Crippen LogP contribution in [0.25, 0.3) is 0 Å². The summed E-state index contributed by atoms with van der Waals surface area (Å²) in [6.07, 6.45) is 18.8. The predicted molar refractivity (Wildman–Crippen MR) is 228 cm³/mol. The van der Waals surface area contributed by atoms with Crippen molar-refractivity contribution in [2.45, 2.75) is 137 Å². The molecular weight excluding hydrogens is 717 g/mol. The van der Waals surface area contributed by atoms with E-state index in [9.17, 15) is 9.59 Å². The van der Waals surface area contributed by atoms with Crippen molar-refractivity contribution >= 4 is 45.4 Å². The lowest BCUT2D eigenvalue weighted by molar-refractivity contribution is -0.132. The van der Waals surface area contributed by atoms with E-state index in [1.807, 2.05) is 0 Å². The van der Waals surface area contributed by atoms with Gasteiger partial charge in [0.15, 0.2) is 5.96 Å². The van der Waals surface area contributed by atoms with E-state index in [0.29, 0.717) is 68.3 Å². The fraction of sp³-hybridized carbons (Fsp3) is 0.854. The average Bonchev–Trinajstić information content (AvgIpc) is 3.46. The second-order valence-corrected chi connectivity index (χ2v) is 20.2. The number of carbonyl (C=O) groups excluding carboxylic acids is 2. The van der Waals surface area contributed by atoms with Crippen molar-refractivity contribution in [2.24, 2.45) is 73.3 Å². The number of amidine groups is 1. The standard InChI is InChI=1S/C41H74N8O3S2/c1-28(2)10-6-7-11-30-13-15-34-33-14-12-31-26-32(16-18-41(31,5)35(33)17-19-40(30,34)4)52-39(51)48-22-25-53-54-27-36(43)37(50)49(23-8-20-46-29(3)42)24-9-21-47-38(44)45/h12,28,30,32-36H,6-11,13-27,43H2,1-5H3,(H2,42,46)(H,48,51)(H4,44,45,47). The van der Waals surface area contributed by atoms with E-state index >= 15 is 0 Å². The van der Waals surface area contributed by atoms with E-state index < -0.39 is 6.04 Å². The first-order chi connectivity index (χ1) is 25.7. The van der Waals surface area contributed by atoms with E-state index in [2.05, 4.69) is 49.1 Å². The maximum absolute atomic E-state index is 13.2. The number of amides is 2. The summed E-state index contributed by atoms with van der Waals surface area (Å²) in [5.74, 6) is 5.79. The summed E-state index contributed by atoms with van der Waals surface area (Å²) >= 11 is 0. The maximum atomic E-state index is 13.2. The topological polar surface area (TPSA) is 187 Å². The van der Waals surface area contributed by atoms with Crippen LogP contribution >= 0.6 is 21.6 Å². The number of allylic oxidation sites excluding steroid dienone is 1. The molecule has 0 radical (unpaired) electrons. The van der Waals surface area contributed by atoms with Crippen molar-refractivity contribution in [1.82, 2.24) is 10.2 Å². The molecule has 0 aliphatic heterocycles. The highest BCUT2D eigenvalue weighted by Crippen LogP contribution is 2.66. The van der Waals surface area contributed by atoms with Crippen LogP contribution in [0.3, 0.4) is 0 Å². The second-order valence-electron chi connectivity index (χ2n) is 17.5. The Morgan fingerprint density at radius 1 is 0.981 bits per heavy atom. The summed E-state index contributed by atoms with van der Waals surface area (Å²) in [5.41, 5.74) is 25.1. The van der Waals surface area contributed by atoms with Crippen molar-refractivity contribution in [2.75, 3.05) is 44.2 Å². The number of nitrogens with two attached hydrogens (primary N) is 4. The molecular formula is C41H74N8O3S2. The fourth-order valence-electron chi connectivity index (χ4n) is 10.4. The predicted octanol–water partition coefficient (Wildman–Crippen LogP) is 6.84. The summed E-state index contributed by atoms with van der Waals surface area (Å²) < 4.78 is 5.98. The number of carbonyl (C=O) groups is 2. The molecule has 8 unspecified atom stereocenters. The molecule has 0 saturated heterocycles. The van der Waals surface area contributed by atoms with E-state index in [-0.39, 0.29) is 29.5 Å². The molecule has 11 nitrogen and oxygen atoms in total. The van der Waals surface area contributed by atoms with Crippen LogP contribution in [0.4, 0.5) is 4.79 Å². The molecule has 0 aromatic heterocycles. The van der Waals surface area contributed by atoms with Crippen LogP contribution < -0.4 is 28.3 Å². The highest BCUT2D eigenvalue weighted by molar-refractivity contribution is 8.76. The Morgan fingerprint density at radius 2 is 1.72 bits per heavy atom. The summed E-state index contributed by atoms with van der Waals surface area (Å²) in [6, 6.07) is -0.637. The molecule has 0 aromatic rings. The highest BCUT2D eigenvalue weighted by atomic mass is 33.1. The maximum Gasteiger partial charge on any atom is 0.407 e. The molecule has 3 saturated carbocycles. The summed E-state index contributed by atoms with van der Waals surface area (Å²) in [4.78, 5) is 36.0. The largest absolute Gasteiger partial charge is 0.446 e. The Kier molecular flexibility index (Phi) is 17.7. The summed E-state index contributed by atoms with van der Waals surface area (Å²) in [7, 11) is 3.14. The molecule has 0 aromatic carbocycles. The van der Waals surface area contributed by atoms with Gasteiger partial charge in [-0.15, -0.1) is 0 Å². The van der Waals surface area contributed by atoms with Crippen LogP contribution in [0.15, 0.2) is 21.6 Å². The van der Waals surface area contributed by atoms with E-state index in [4.69, 9.17) is 27.7 Å². The van der Waals surface area contributed by atoms with Gasteiger partial charge in [0.25, 0.3) is 0 Å². The van der Waals surface area contributed by atoms with Crippen LogP contribution in [0.5, 0.6) is 0 Å². The average molecular weight is 791 g/mol. The first-order valence-electron chi connectivity index (χ1n) is 21.0. The lowest BCUT2D eigenvalue weighted by atomic mass is 9.47. The number of rotatable bonds is 21. The molecule has 8 atom stereocenters. The van der Waals surface area contributed by atoms with Crippen molar-refractivity contribution in [1.29, 1.82) is 0 Å². The second kappa shape index (κ2) is 21.4. The molecule has 3 fully saturated rings. The molecule has 0 bridgehead atoms. The van der Waals surface area contributed by atoms with Crippen molar-refractivity contribution < 1.29 is 14.3 Å². The number of hydrogen-bond acceptors (Lipinski definition) is 8. The van der Waals surface area contributed by atoms with Crippen molar-refractivity contribution in [3.05, 3.63) is 11.6 Å². The number of guanidine groups is 1. The number of aliphatic imine (C=N–C) groups is 2. The third kappa shape index (κ3) is 12.4. The molecule has 54 heavy (non-hydrogen) atoms. The molecule has 4 aliphatic rings. The molecule has 9 N–H and O–H groups in total. The zero-order valence-corrected chi connectivity index (χ0v) is 35.8. The van der Waals surface area contributed by atoms with Gasteiger partial charge < -0.3 is 37.9 Å². The molecule has 0 spiro atoms. The van der Waals surface area contributed by atoms with Crippen LogP contribution in [0, 0.1) is 40.4 Å². The van der Waals surface area contributed by atoms with Gasteiger partial charge in [0.05, 0.1) is 11.9 Å². The monoisotopic (exact) mass is 791 g/mol. The number of hydrogen-bond donors (Lipinski definition) is 5. The number of ether oxygens (including phenoxy) is 1. The summed E-state index contributed by atoms with van der Waals surface area (Å²) in [5, 5.41) is 2.95. The molecule has 2 amide bonds. The first kappa shape index (κ1) is 44.6. The van der Waals surface area contributed by atoms with E-state index in [1.165, 1.54) is 57.8 Å². The Balaban J connectivity index is 1.15. The lowest BCUT2D eigenvalue weighted by Crippen LogP contribution is -2.50. The zero-order chi connectivity index (χ0) is 39.3. The van der Waals surface area contributed by atoms with Gasteiger partial charge in [0.1, 0.15) is 6.10 Å². The minimum absolute atomic E-state index is 0.0382. The Labute approximate surface area is 334 Å². The van der Waals surface area contributed by atoms with Crippen molar-refractivity contribution in [3.8, 4) is 0 Å². The number of fused-ring (bicyclic) bond motifs is 5. The summed E-state index contributed by atoms with van der Waals surface area (Å²) in [6.45, 7) is 14.2. The van der Waals surface area contributed by atoms with Gasteiger partial charge in [-0.05, 0) is 112 Å². The van der Waals surface area contributed by atoms with Crippen molar-refractivity contribution in [3.63, 3.8) is 0 Å². The Bertz CT molecular complexity index is 1280. The smallest absolute Gasteiger partial charge is 0.407 e. The Hall–Kier alpha value is -2.12. The van der Waals surface area contributed by atoms with Crippen LogP contribution in [0.2, 0.25) is 0 Å². The highest BCUT2D eigenvalue weighted by Gasteiger charge is 2.58. The minimum atomic E-state index is -0.637. The number of nitrogens with zero attached hydrogens (tertiary/aromatic N) is 3. The van der Waals surface area contributed by atoms with Crippen LogP contribution in [-0.2, 0) is 9.53 Å². The zero-order valence-electron chi connectivity index (χ0n) is 34.2. The number of nitrogens with one attached hydrogen (secondary N) is 1. The molecule has 13 heteroatoms.